The summed E-state index contributed by atoms with van der Waals surface area (Å²) in [5.41, 5.74) is 9.93. The van der Waals surface area contributed by atoms with Gasteiger partial charge in [0, 0.05) is 17.5 Å². The van der Waals surface area contributed by atoms with Crippen molar-refractivity contribution in [3.05, 3.63) is 29.1 Å². The number of Topliss-reactive ketones (excluding diaryl/α,β-unsaturated/α-hetero) is 3. The molecule has 9 nitrogen and oxygen atoms in total. The lowest BCUT2D eigenvalue weighted by atomic mass is 9.65. The second-order valence-electron chi connectivity index (χ2n) is 7.46. The van der Waals surface area contributed by atoms with E-state index in [2.05, 4.69) is 0 Å². The number of hydrogen-bond donors (Lipinski definition) is 4. The fraction of sp³-hybridized carbons (Fsp3) is 0.421. The monoisotopic (exact) mass is 424 g/mol. The summed E-state index contributed by atoms with van der Waals surface area (Å²) in [7, 11) is 0. The highest BCUT2D eigenvalue weighted by Crippen LogP contribution is 2.41. The predicted molar refractivity (Wildman–Crippen MR) is 94.2 cm³/mol. The lowest BCUT2D eigenvalue weighted by molar-refractivity contribution is -0.156. The number of ketones is 3. The molecule has 0 spiro atoms. The van der Waals surface area contributed by atoms with Gasteiger partial charge in [0.25, 0.3) is 0 Å². The number of phenols is 1. The molecule has 6 N–H and O–H groups in total. The highest BCUT2D eigenvalue weighted by atomic mass is 19.1. The molecule has 1 saturated carbocycles. The Kier molecular flexibility index (Phi) is 5.52. The van der Waals surface area contributed by atoms with E-state index < -0.39 is 88.8 Å². The molecule has 1 aromatic rings. The fourth-order valence-electron chi connectivity index (χ4n) is 4.28. The highest BCUT2D eigenvalue weighted by Gasteiger charge is 2.56. The van der Waals surface area contributed by atoms with Crippen molar-refractivity contribution in [1.82, 2.24) is 0 Å². The molecule has 0 radical (unpaired) electrons. The van der Waals surface area contributed by atoms with Crippen molar-refractivity contribution < 1.29 is 43.0 Å². The van der Waals surface area contributed by atoms with Crippen molar-refractivity contribution in [1.29, 1.82) is 0 Å². The molecule has 7 atom stereocenters. The van der Waals surface area contributed by atoms with Crippen molar-refractivity contribution in [2.24, 2.45) is 35.1 Å². The minimum absolute atomic E-state index is 0.107. The third kappa shape index (κ3) is 3.10. The first-order valence-electron chi connectivity index (χ1n) is 8.97. The number of primary amides is 1. The second kappa shape index (κ2) is 7.65. The third-order valence-electron chi connectivity index (χ3n) is 5.87. The average Bonchev–Trinajstić information content (AvgIpc) is 2.68. The first kappa shape index (κ1) is 21.7. The van der Waals surface area contributed by atoms with Gasteiger partial charge in [-0.1, -0.05) is 0 Å². The van der Waals surface area contributed by atoms with Crippen molar-refractivity contribution in [3.63, 3.8) is 0 Å². The van der Waals surface area contributed by atoms with Crippen LogP contribution < -0.4 is 11.5 Å². The first-order valence-corrected chi connectivity index (χ1v) is 8.97. The van der Waals surface area contributed by atoms with Gasteiger partial charge in [0.15, 0.2) is 5.78 Å². The molecule has 2 aliphatic carbocycles. The summed E-state index contributed by atoms with van der Waals surface area (Å²) in [6.07, 6.45) is -4.81. The number of phenolic OH excluding ortho intramolecular Hbond substituents is 1. The van der Waals surface area contributed by atoms with Crippen molar-refractivity contribution in [2.75, 3.05) is 0 Å². The number of benzene rings is 1. The molecule has 0 aromatic heterocycles. The minimum atomic E-state index is -2.41. The summed E-state index contributed by atoms with van der Waals surface area (Å²) < 4.78 is 29.8. The topological polar surface area (TPSA) is 178 Å². The molecule has 2 aliphatic rings. The smallest absolute Gasteiger partial charge is 0.231 e. The zero-order chi connectivity index (χ0) is 22.5. The molecule has 1 amide bonds. The Labute approximate surface area is 168 Å². The Hall–Kier alpha value is -3.05. The van der Waals surface area contributed by atoms with Gasteiger partial charge in [0.05, 0.1) is 23.5 Å². The zero-order valence-electron chi connectivity index (χ0n) is 15.3. The van der Waals surface area contributed by atoms with Crippen LogP contribution in [0, 0.1) is 29.5 Å². The normalized spacial score (nSPS) is 32.5. The van der Waals surface area contributed by atoms with Crippen molar-refractivity contribution >= 4 is 29.5 Å². The maximum absolute atomic E-state index is 15.5. The van der Waals surface area contributed by atoms with Crippen molar-refractivity contribution in [2.45, 2.75) is 24.7 Å². The van der Waals surface area contributed by atoms with E-state index in [0.717, 1.165) is 12.1 Å². The standard InChI is InChI=1S/C19H18F2N2O7/c20-8-1-2-9(25)10-6(8)3-5(7(4-24)15(10)26)13(21)11-14(22)16(27)12(19(23)30)18(29)17(11)28/h1-2,4-5,7,11-14,16,25,27H,3,22H2,(H2,23,30). The van der Waals surface area contributed by atoms with Crippen LogP contribution in [0.15, 0.2) is 12.1 Å². The molecule has 11 heteroatoms. The Balaban J connectivity index is 2.02. The van der Waals surface area contributed by atoms with Crippen LogP contribution in [-0.2, 0) is 25.6 Å². The lowest BCUT2D eigenvalue weighted by Crippen LogP contribution is -2.64. The van der Waals surface area contributed by atoms with Gasteiger partial charge >= 0.3 is 0 Å². The Morgan fingerprint density at radius 2 is 1.83 bits per heavy atom. The molecular formula is C19H18F2N2O7. The van der Waals surface area contributed by atoms with Gasteiger partial charge in [-0.25, -0.2) is 8.78 Å². The van der Waals surface area contributed by atoms with Gasteiger partial charge in [-0.2, -0.15) is 0 Å². The maximum atomic E-state index is 15.5. The number of fused-ring (bicyclic) bond motifs is 1. The van der Waals surface area contributed by atoms with Crippen LogP contribution in [0.3, 0.4) is 0 Å². The van der Waals surface area contributed by atoms with E-state index >= 15 is 4.39 Å². The summed E-state index contributed by atoms with van der Waals surface area (Å²) in [6.45, 7) is 0. The number of halogens is 2. The highest BCUT2D eigenvalue weighted by molar-refractivity contribution is 6.43. The quantitative estimate of drug-likeness (QED) is 0.259. The molecule has 1 fully saturated rings. The van der Waals surface area contributed by atoms with Crippen LogP contribution in [-0.4, -0.2) is 58.1 Å². The van der Waals surface area contributed by atoms with Gasteiger partial charge in [0.2, 0.25) is 17.5 Å². The van der Waals surface area contributed by atoms with E-state index in [1.165, 1.54) is 0 Å². The van der Waals surface area contributed by atoms with Crippen LogP contribution in [0.1, 0.15) is 15.9 Å². The van der Waals surface area contributed by atoms with E-state index in [0.29, 0.717) is 0 Å². The molecule has 0 heterocycles. The Morgan fingerprint density at radius 3 is 2.40 bits per heavy atom. The minimum Gasteiger partial charge on any atom is -0.507 e. The van der Waals surface area contributed by atoms with Gasteiger partial charge in [-0.15, -0.1) is 0 Å². The number of alkyl halides is 1. The predicted octanol–water partition coefficient (Wildman–Crippen LogP) is -1.40. The average molecular weight is 424 g/mol. The van der Waals surface area contributed by atoms with Gasteiger partial charge in [0.1, 0.15) is 29.9 Å². The van der Waals surface area contributed by atoms with Gasteiger partial charge in [-0.3, -0.25) is 19.2 Å². The number of aliphatic hydroxyl groups is 1. The van der Waals surface area contributed by atoms with Gasteiger partial charge < -0.3 is 26.5 Å². The number of rotatable bonds is 4. The Bertz CT molecular complexity index is 966. The largest absolute Gasteiger partial charge is 0.507 e. The van der Waals surface area contributed by atoms with Crippen LogP contribution in [0.4, 0.5) is 8.78 Å². The fourth-order valence-corrected chi connectivity index (χ4v) is 4.28. The number of nitrogens with two attached hydrogens (primary N) is 2. The molecule has 0 saturated heterocycles. The van der Waals surface area contributed by atoms with E-state index in [1.54, 1.807) is 0 Å². The van der Waals surface area contributed by atoms with Gasteiger partial charge in [-0.05, 0) is 18.6 Å². The number of carbonyl (C=O) groups is 5. The molecule has 0 bridgehead atoms. The third-order valence-corrected chi connectivity index (χ3v) is 5.87. The SMILES string of the molecule is NC(=O)C1C(=O)C(=O)C(C(F)C2Cc3c(F)ccc(O)c3C(=O)C2C=O)C(N)C1O. The summed E-state index contributed by atoms with van der Waals surface area (Å²) in [6, 6.07) is 0.0382. The molecule has 3 rings (SSSR count). The van der Waals surface area contributed by atoms with Crippen LogP contribution in [0.25, 0.3) is 0 Å². The first-order chi connectivity index (χ1) is 14.0. The van der Waals surface area contributed by atoms with Crippen molar-refractivity contribution in [3.8, 4) is 5.75 Å². The molecule has 7 unspecified atom stereocenters. The molecule has 1 aromatic carbocycles. The molecule has 160 valence electrons. The molecule has 30 heavy (non-hydrogen) atoms. The van der Waals surface area contributed by atoms with E-state index in [1.807, 2.05) is 0 Å². The molecule has 0 aliphatic heterocycles. The number of hydrogen-bond acceptors (Lipinski definition) is 8. The molecular weight excluding hydrogens is 406 g/mol. The number of aliphatic hydroxyl groups excluding tert-OH is 1. The maximum Gasteiger partial charge on any atom is 0.231 e. The Morgan fingerprint density at radius 1 is 1.20 bits per heavy atom. The van der Waals surface area contributed by atoms with E-state index in [4.69, 9.17) is 11.5 Å². The summed E-state index contributed by atoms with van der Waals surface area (Å²) in [5.74, 6) is -13.9. The lowest BCUT2D eigenvalue weighted by Gasteiger charge is -2.40. The van der Waals surface area contributed by atoms with E-state index in [-0.39, 0.29) is 11.8 Å². The second-order valence-corrected chi connectivity index (χ2v) is 7.46. The van der Waals surface area contributed by atoms with Crippen LogP contribution in [0.2, 0.25) is 0 Å². The number of carbonyl (C=O) groups excluding carboxylic acids is 5. The van der Waals surface area contributed by atoms with E-state index in [9.17, 15) is 38.6 Å². The summed E-state index contributed by atoms with van der Waals surface area (Å²) >= 11 is 0. The number of aldehydes is 1. The zero-order valence-corrected chi connectivity index (χ0v) is 15.3. The summed E-state index contributed by atoms with van der Waals surface area (Å²) in [5, 5.41) is 20.0. The van der Waals surface area contributed by atoms with Crippen LogP contribution in [0.5, 0.6) is 5.75 Å². The number of amides is 1. The summed E-state index contributed by atoms with van der Waals surface area (Å²) in [4.78, 5) is 60.2. The number of aromatic hydroxyl groups is 1. The van der Waals surface area contributed by atoms with Crippen LogP contribution >= 0.6 is 0 Å².